The molecule has 0 radical (unpaired) electrons. The first-order valence-electron chi connectivity index (χ1n) is 5.98. The van der Waals surface area contributed by atoms with Crippen molar-refractivity contribution in [2.75, 3.05) is 4.72 Å². The van der Waals surface area contributed by atoms with E-state index in [-0.39, 0.29) is 10.9 Å². The summed E-state index contributed by atoms with van der Waals surface area (Å²) < 4.78 is 32.2. The summed E-state index contributed by atoms with van der Waals surface area (Å²) in [4.78, 5) is 0. The lowest BCUT2D eigenvalue weighted by Gasteiger charge is -2.09. The minimum absolute atomic E-state index is 0.0287. The van der Waals surface area contributed by atoms with E-state index in [9.17, 15) is 8.42 Å². The van der Waals surface area contributed by atoms with E-state index in [0.717, 1.165) is 0 Å². The number of hydrogen-bond acceptors (Lipinski definition) is 6. The fraction of sp³-hybridized carbons (Fsp3) is 0.0833. The topological polar surface area (TPSA) is 114 Å². The molecule has 0 atom stereocenters. The highest BCUT2D eigenvalue weighted by Crippen LogP contribution is 2.28. The van der Waals surface area contributed by atoms with Gasteiger partial charge in [-0.15, -0.1) is 10.2 Å². The van der Waals surface area contributed by atoms with Gasteiger partial charge in [0.15, 0.2) is 5.03 Å². The van der Waals surface area contributed by atoms with Crippen LogP contribution in [0.5, 0.6) is 0 Å². The predicted octanol–water partition coefficient (Wildman–Crippen LogP) is 1.57. The number of rotatable bonds is 4. The quantitative estimate of drug-likeness (QED) is 0.756. The monoisotopic (exact) mass is 305 g/mol. The maximum Gasteiger partial charge on any atom is 0.278 e. The smallest absolute Gasteiger partial charge is 0.278 e. The van der Waals surface area contributed by atoms with Gasteiger partial charge in [-0.1, -0.05) is 12.1 Å². The Labute approximate surface area is 120 Å². The number of sulfonamides is 1. The van der Waals surface area contributed by atoms with Crippen molar-refractivity contribution in [1.82, 2.24) is 20.4 Å². The molecule has 0 aliphatic rings. The minimum atomic E-state index is -3.75. The summed E-state index contributed by atoms with van der Waals surface area (Å²) in [5.74, 6) is 0.645. The normalized spacial score (nSPS) is 11.5. The molecule has 0 amide bonds. The van der Waals surface area contributed by atoms with Gasteiger partial charge < -0.3 is 4.42 Å². The van der Waals surface area contributed by atoms with Crippen LogP contribution in [0.4, 0.5) is 5.69 Å². The molecule has 8 nitrogen and oxygen atoms in total. The van der Waals surface area contributed by atoms with Gasteiger partial charge in [-0.2, -0.15) is 13.5 Å². The van der Waals surface area contributed by atoms with E-state index in [1.54, 1.807) is 31.2 Å². The first-order valence-corrected chi connectivity index (χ1v) is 7.46. The Kier molecular flexibility index (Phi) is 3.18. The van der Waals surface area contributed by atoms with Crippen molar-refractivity contribution < 1.29 is 12.8 Å². The number of H-pyrrole nitrogens is 1. The van der Waals surface area contributed by atoms with Crippen LogP contribution in [0, 0.1) is 6.92 Å². The average Bonchev–Trinajstić information content (AvgIpc) is 3.10. The second-order valence-electron chi connectivity index (χ2n) is 4.20. The van der Waals surface area contributed by atoms with E-state index in [1.165, 1.54) is 12.3 Å². The number of nitrogens with one attached hydrogen (secondary N) is 2. The van der Waals surface area contributed by atoms with Gasteiger partial charge in [-0.05, 0) is 18.2 Å². The molecule has 0 unspecified atom stereocenters. The molecule has 2 heterocycles. The first-order chi connectivity index (χ1) is 10.1. The van der Waals surface area contributed by atoms with Gasteiger partial charge in [-0.25, -0.2) is 0 Å². The van der Waals surface area contributed by atoms with Gasteiger partial charge in [-0.3, -0.25) is 9.82 Å². The molecular weight excluding hydrogens is 294 g/mol. The van der Waals surface area contributed by atoms with Gasteiger partial charge in [0.2, 0.25) is 11.8 Å². The Morgan fingerprint density at radius 2 is 2.00 bits per heavy atom. The van der Waals surface area contributed by atoms with Crippen LogP contribution in [-0.2, 0) is 10.0 Å². The average molecular weight is 305 g/mol. The van der Waals surface area contributed by atoms with E-state index in [0.29, 0.717) is 17.1 Å². The summed E-state index contributed by atoms with van der Waals surface area (Å²) in [6.07, 6.45) is 1.36. The molecule has 1 aromatic carbocycles. The number of nitrogens with zero attached hydrogens (tertiary/aromatic N) is 3. The summed E-state index contributed by atoms with van der Waals surface area (Å²) >= 11 is 0. The van der Waals surface area contributed by atoms with Gasteiger partial charge in [0, 0.05) is 6.92 Å². The summed E-state index contributed by atoms with van der Waals surface area (Å²) in [5.41, 5.74) is 0.844. The molecule has 0 aliphatic heterocycles. The fourth-order valence-electron chi connectivity index (χ4n) is 1.76. The Bertz CT molecular complexity index is 855. The van der Waals surface area contributed by atoms with Crippen LogP contribution in [0.25, 0.3) is 11.5 Å². The van der Waals surface area contributed by atoms with Crippen molar-refractivity contribution in [3.8, 4) is 11.5 Å². The number of benzene rings is 1. The van der Waals surface area contributed by atoms with Gasteiger partial charge in [0.25, 0.3) is 10.0 Å². The van der Waals surface area contributed by atoms with Crippen LogP contribution >= 0.6 is 0 Å². The highest BCUT2D eigenvalue weighted by atomic mass is 32.2. The number of para-hydroxylation sites is 1. The molecule has 0 spiro atoms. The lowest BCUT2D eigenvalue weighted by Crippen LogP contribution is -2.14. The van der Waals surface area contributed by atoms with Crippen LogP contribution in [0.15, 0.2) is 46.0 Å². The molecular formula is C12H11N5O3S. The molecule has 3 aromatic rings. The molecule has 0 saturated carbocycles. The zero-order valence-electron chi connectivity index (χ0n) is 10.9. The molecule has 21 heavy (non-hydrogen) atoms. The third-order valence-electron chi connectivity index (χ3n) is 2.69. The maximum atomic E-state index is 12.2. The third kappa shape index (κ3) is 2.63. The molecule has 2 N–H and O–H groups in total. The lowest BCUT2D eigenvalue weighted by atomic mass is 10.2. The summed E-state index contributed by atoms with van der Waals surface area (Å²) in [6, 6.07) is 8.13. The Morgan fingerprint density at radius 1 is 1.19 bits per heavy atom. The predicted molar refractivity (Wildman–Crippen MR) is 73.9 cm³/mol. The van der Waals surface area contributed by atoms with E-state index >= 15 is 0 Å². The zero-order valence-corrected chi connectivity index (χ0v) is 11.8. The largest absolute Gasteiger partial charge is 0.421 e. The van der Waals surface area contributed by atoms with E-state index in [4.69, 9.17) is 4.42 Å². The minimum Gasteiger partial charge on any atom is -0.421 e. The van der Waals surface area contributed by atoms with Gasteiger partial charge >= 0.3 is 0 Å². The lowest BCUT2D eigenvalue weighted by molar-refractivity contribution is 0.533. The maximum absolute atomic E-state index is 12.2. The van der Waals surface area contributed by atoms with E-state index in [2.05, 4.69) is 25.1 Å². The molecule has 9 heteroatoms. The number of aromatic amines is 1. The second-order valence-corrected chi connectivity index (χ2v) is 5.85. The van der Waals surface area contributed by atoms with Crippen LogP contribution in [0.1, 0.15) is 5.89 Å². The number of anilines is 1. The summed E-state index contributed by atoms with van der Waals surface area (Å²) in [7, 11) is -3.75. The van der Waals surface area contributed by atoms with E-state index in [1.807, 2.05) is 0 Å². The third-order valence-corrected chi connectivity index (χ3v) is 3.99. The molecule has 108 valence electrons. The highest BCUT2D eigenvalue weighted by molar-refractivity contribution is 7.92. The van der Waals surface area contributed by atoms with Gasteiger partial charge in [0.1, 0.15) is 0 Å². The first kappa shape index (κ1) is 13.3. The van der Waals surface area contributed by atoms with Crippen molar-refractivity contribution >= 4 is 15.7 Å². The fourth-order valence-corrected chi connectivity index (χ4v) is 2.75. The molecule has 0 aliphatic carbocycles. The van der Waals surface area contributed by atoms with Crippen molar-refractivity contribution in [2.45, 2.75) is 11.9 Å². The van der Waals surface area contributed by atoms with Crippen LogP contribution < -0.4 is 4.72 Å². The van der Waals surface area contributed by atoms with Crippen LogP contribution in [-0.4, -0.2) is 28.8 Å². The van der Waals surface area contributed by atoms with Crippen LogP contribution in [0.2, 0.25) is 0 Å². The molecule has 2 aromatic heterocycles. The van der Waals surface area contributed by atoms with Crippen molar-refractivity contribution in [3.63, 3.8) is 0 Å². The molecule has 0 fully saturated rings. The van der Waals surface area contributed by atoms with Gasteiger partial charge in [0.05, 0.1) is 17.4 Å². The Hall–Kier alpha value is -2.68. The standard InChI is InChI=1S/C12H11N5O3S/c1-8-14-16-12(20-8)9-4-2-3-5-10(9)17-21(18,19)11-6-7-13-15-11/h2-7,17H,1H3,(H,13,15). The van der Waals surface area contributed by atoms with E-state index < -0.39 is 10.0 Å². The number of aromatic nitrogens is 4. The summed E-state index contributed by atoms with van der Waals surface area (Å²) in [6.45, 7) is 1.66. The van der Waals surface area contributed by atoms with Crippen molar-refractivity contribution in [3.05, 3.63) is 42.4 Å². The summed E-state index contributed by atoms with van der Waals surface area (Å²) in [5, 5.41) is 13.6. The van der Waals surface area contributed by atoms with Crippen molar-refractivity contribution in [1.29, 1.82) is 0 Å². The Balaban J connectivity index is 2.01. The molecule has 3 rings (SSSR count). The number of hydrogen-bond donors (Lipinski definition) is 2. The zero-order chi connectivity index (χ0) is 14.9. The Morgan fingerprint density at radius 3 is 2.67 bits per heavy atom. The highest BCUT2D eigenvalue weighted by Gasteiger charge is 2.19. The SMILES string of the molecule is Cc1nnc(-c2ccccc2NS(=O)(=O)c2ccn[nH]2)o1. The van der Waals surface area contributed by atoms with Crippen molar-refractivity contribution in [2.24, 2.45) is 0 Å². The van der Waals surface area contributed by atoms with Crippen LogP contribution in [0.3, 0.4) is 0 Å². The molecule has 0 saturated heterocycles. The molecule has 0 bridgehead atoms. The second kappa shape index (κ2) is 5.02. The number of aryl methyl sites for hydroxylation is 1.